The van der Waals surface area contributed by atoms with Crippen molar-refractivity contribution < 1.29 is 0 Å². The van der Waals surface area contributed by atoms with E-state index in [2.05, 4.69) is 25.7 Å². The lowest BCUT2D eigenvalue weighted by atomic mass is 9.60. The van der Waals surface area contributed by atoms with Crippen LogP contribution < -0.4 is 0 Å². The lowest BCUT2D eigenvalue weighted by Crippen LogP contribution is -2.42. The van der Waals surface area contributed by atoms with Gasteiger partial charge in [0, 0.05) is 12.6 Å². The lowest BCUT2D eigenvalue weighted by Gasteiger charge is -2.45. The Hall–Kier alpha value is -0.0400. The molecule has 1 nitrogen and oxygen atoms in total. The van der Waals surface area contributed by atoms with Gasteiger partial charge >= 0.3 is 0 Å². The molecule has 1 aliphatic carbocycles. The van der Waals surface area contributed by atoms with E-state index in [4.69, 9.17) is 0 Å². The molecule has 1 heterocycles. The number of rotatable bonds is 1. The zero-order chi connectivity index (χ0) is 12.8. The van der Waals surface area contributed by atoms with Crippen LogP contribution in [0, 0.1) is 11.3 Å². The van der Waals surface area contributed by atoms with Crippen molar-refractivity contribution in [3.8, 4) is 0 Å². The quantitative estimate of drug-likeness (QED) is 0.634. The van der Waals surface area contributed by atoms with Gasteiger partial charge in [-0.05, 0) is 51.0 Å². The largest absolute Gasteiger partial charge is 0.300 e. The van der Waals surface area contributed by atoms with Crippen LogP contribution in [-0.2, 0) is 0 Å². The molecule has 1 aliphatic heterocycles. The molecule has 0 radical (unpaired) electrons. The van der Waals surface area contributed by atoms with Gasteiger partial charge in [-0.25, -0.2) is 0 Å². The van der Waals surface area contributed by atoms with Gasteiger partial charge < -0.3 is 4.90 Å². The highest BCUT2D eigenvalue weighted by atomic mass is 15.2. The Bertz CT molecular complexity index is 176. The smallest absolute Gasteiger partial charge is 0.00437 e. The highest BCUT2D eigenvalue weighted by Gasteiger charge is 2.48. The summed E-state index contributed by atoms with van der Waals surface area (Å²) in [5.41, 5.74) is 0.754. The summed E-state index contributed by atoms with van der Waals surface area (Å²) < 4.78 is 0. The van der Waals surface area contributed by atoms with Crippen molar-refractivity contribution in [2.24, 2.45) is 11.3 Å². The molecule has 0 N–H and O–H groups in total. The SMILES string of the molecule is CC.CC.CC(C)N1CCC2(CCC2C)C1. The van der Waals surface area contributed by atoms with E-state index in [0.717, 1.165) is 17.4 Å². The molecule has 2 fully saturated rings. The zero-order valence-corrected chi connectivity index (χ0v) is 12.6. The fraction of sp³-hybridized carbons (Fsp3) is 1.00. The molecule has 1 saturated heterocycles. The van der Waals surface area contributed by atoms with E-state index in [9.17, 15) is 0 Å². The maximum Gasteiger partial charge on any atom is 0.00437 e. The van der Waals surface area contributed by atoms with E-state index in [1.54, 1.807) is 0 Å². The highest BCUT2D eigenvalue weighted by molar-refractivity contribution is 5.00. The molecule has 2 unspecified atom stereocenters. The molecule has 98 valence electrons. The summed E-state index contributed by atoms with van der Waals surface area (Å²) in [5, 5.41) is 0. The van der Waals surface area contributed by atoms with E-state index in [1.165, 1.54) is 32.4 Å². The number of hydrogen-bond donors (Lipinski definition) is 0. The van der Waals surface area contributed by atoms with Crippen LogP contribution in [0.25, 0.3) is 0 Å². The summed E-state index contributed by atoms with van der Waals surface area (Å²) in [6.45, 7) is 17.8. The topological polar surface area (TPSA) is 3.24 Å². The van der Waals surface area contributed by atoms with Gasteiger partial charge in [0.05, 0.1) is 0 Å². The van der Waals surface area contributed by atoms with Crippen molar-refractivity contribution in [1.29, 1.82) is 0 Å². The molecule has 1 heteroatoms. The van der Waals surface area contributed by atoms with E-state index >= 15 is 0 Å². The predicted molar refractivity (Wildman–Crippen MR) is 74.9 cm³/mol. The molecule has 0 aromatic carbocycles. The van der Waals surface area contributed by atoms with Crippen LogP contribution in [0.1, 0.15) is 67.7 Å². The molecular formula is C15H33N. The van der Waals surface area contributed by atoms with Crippen LogP contribution in [0.15, 0.2) is 0 Å². The van der Waals surface area contributed by atoms with Crippen molar-refractivity contribution in [3.05, 3.63) is 0 Å². The second kappa shape index (κ2) is 7.32. The molecular weight excluding hydrogens is 194 g/mol. The molecule has 0 bridgehead atoms. The monoisotopic (exact) mass is 227 g/mol. The van der Waals surface area contributed by atoms with E-state index < -0.39 is 0 Å². The van der Waals surface area contributed by atoms with Crippen molar-refractivity contribution in [2.45, 2.75) is 73.8 Å². The Kier molecular flexibility index (Phi) is 7.30. The van der Waals surface area contributed by atoms with Crippen LogP contribution in [0.3, 0.4) is 0 Å². The van der Waals surface area contributed by atoms with Gasteiger partial charge in [0.25, 0.3) is 0 Å². The second-order valence-electron chi connectivity index (χ2n) is 5.12. The van der Waals surface area contributed by atoms with E-state index in [-0.39, 0.29) is 0 Å². The maximum atomic E-state index is 2.65. The predicted octanol–water partition coefficient (Wildman–Crippen LogP) is 4.57. The molecule has 0 aromatic heterocycles. The van der Waals surface area contributed by atoms with Crippen molar-refractivity contribution in [2.75, 3.05) is 13.1 Å². The Balaban J connectivity index is 0.000000509. The maximum absolute atomic E-state index is 2.65. The first-order valence-electron chi connectivity index (χ1n) is 7.38. The molecule has 2 atom stereocenters. The van der Waals surface area contributed by atoms with Crippen LogP contribution in [0.5, 0.6) is 0 Å². The summed E-state index contributed by atoms with van der Waals surface area (Å²) in [5.74, 6) is 1.00. The average Bonchev–Trinajstić information content (AvgIpc) is 2.80. The van der Waals surface area contributed by atoms with Gasteiger partial charge in [-0.2, -0.15) is 0 Å². The number of likely N-dealkylation sites (tertiary alicyclic amines) is 1. The van der Waals surface area contributed by atoms with Gasteiger partial charge in [0.15, 0.2) is 0 Å². The minimum atomic E-state index is 0.754. The molecule has 0 amide bonds. The molecule has 1 saturated carbocycles. The molecule has 16 heavy (non-hydrogen) atoms. The highest BCUT2D eigenvalue weighted by Crippen LogP contribution is 2.52. The van der Waals surface area contributed by atoms with Crippen LogP contribution in [-0.4, -0.2) is 24.0 Å². The van der Waals surface area contributed by atoms with Gasteiger partial charge in [-0.15, -0.1) is 0 Å². The Morgan fingerprint density at radius 3 is 1.81 bits per heavy atom. The second-order valence-corrected chi connectivity index (χ2v) is 5.12. The fourth-order valence-electron chi connectivity index (χ4n) is 2.82. The standard InChI is InChI=1S/C11H21N.2C2H6/c1-9(2)12-7-6-11(8-12)5-4-10(11)3;2*1-2/h9-10H,4-8H2,1-3H3;2*1-2H3. The zero-order valence-electron chi connectivity index (χ0n) is 12.6. The summed E-state index contributed by atoms with van der Waals surface area (Å²) in [6.07, 6.45) is 4.44. The van der Waals surface area contributed by atoms with Gasteiger partial charge in [-0.1, -0.05) is 34.6 Å². The van der Waals surface area contributed by atoms with Gasteiger partial charge in [0.2, 0.25) is 0 Å². The summed E-state index contributed by atoms with van der Waals surface area (Å²) >= 11 is 0. The molecule has 2 aliphatic rings. The normalized spacial score (nSPS) is 32.6. The summed E-state index contributed by atoms with van der Waals surface area (Å²) in [7, 11) is 0. The molecule has 0 aromatic rings. The average molecular weight is 227 g/mol. The van der Waals surface area contributed by atoms with Crippen molar-refractivity contribution >= 4 is 0 Å². The van der Waals surface area contributed by atoms with Crippen LogP contribution in [0.4, 0.5) is 0 Å². The van der Waals surface area contributed by atoms with Crippen LogP contribution >= 0.6 is 0 Å². The lowest BCUT2D eigenvalue weighted by molar-refractivity contribution is 0.0495. The van der Waals surface area contributed by atoms with Crippen LogP contribution in [0.2, 0.25) is 0 Å². The Morgan fingerprint density at radius 1 is 1.06 bits per heavy atom. The van der Waals surface area contributed by atoms with Gasteiger partial charge in [-0.3, -0.25) is 0 Å². The summed E-state index contributed by atoms with van der Waals surface area (Å²) in [6, 6.07) is 0.761. The fourth-order valence-corrected chi connectivity index (χ4v) is 2.82. The van der Waals surface area contributed by atoms with E-state index in [0.29, 0.717) is 0 Å². The minimum absolute atomic E-state index is 0.754. The first-order chi connectivity index (χ1) is 7.64. The van der Waals surface area contributed by atoms with E-state index in [1.807, 2.05) is 27.7 Å². The molecule has 1 spiro atoms. The van der Waals surface area contributed by atoms with Crippen molar-refractivity contribution in [1.82, 2.24) is 4.90 Å². The Morgan fingerprint density at radius 2 is 1.62 bits per heavy atom. The first kappa shape index (κ1) is 16.0. The van der Waals surface area contributed by atoms with Crippen molar-refractivity contribution in [3.63, 3.8) is 0 Å². The molecule has 2 rings (SSSR count). The first-order valence-corrected chi connectivity index (χ1v) is 7.38. The number of hydrogen-bond acceptors (Lipinski definition) is 1. The third kappa shape index (κ3) is 3.23. The third-order valence-electron chi connectivity index (χ3n) is 4.27. The Labute approximate surface area is 104 Å². The minimum Gasteiger partial charge on any atom is -0.300 e. The van der Waals surface area contributed by atoms with Gasteiger partial charge in [0.1, 0.15) is 0 Å². The summed E-state index contributed by atoms with van der Waals surface area (Å²) in [4.78, 5) is 2.65. The number of nitrogens with zero attached hydrogens (tertiary/aromatic N) is 1. The third-order valence-corrected chi connectivity index (χ3v) is 4.27.